The molecule has 0 radical (unpaired) electrons. The van der Waals surface area contributed by atoms with Crippen LogP contribution < -0.4 is 10.6 Å². The molecule has 1 atom stereocenters. The lowest BCUT2D eigenvalue weighted by molar-refractivity contribution is -0.134. The molecule has 0 bridgehead atoms. The van der Waals surface area contributed by atoms with Gasteiger partial charge in [0.15, 0.2) is 0 Å². The molecule has 4 rings (SSSR count). The first-order valence-corrected chi connectivity index (χ1v) is 8.38. The number of hydrogen-bond donors (Lipinski definition) is 2. The van der Waals surface area contributed by atoms with Crippen LogP contribution in [0.5, 0.6) is 0 Å². The number of anilines is 1. The Kier molecular flexibility index (Phi) is 3.91. The molecule has 1 aliphatic heterocycles. The molecule has 1 fully saturated rings. The van der Waals surface area contributed by atoms with E-state index >= 15 is 0 Å². The second-order valence-corrected chi connectivity index (χ2v) is 6.56. The maximum Gasteiger partial charge on any atom is 0.325 e. The van der Waals surface area contributed by atoms with Gasteiger partial charge in [-0.15, -0.1) is 0 Å². The number of amides is 4. The molecule has 2 aromatic rings. The second kappa shape index (κ2) is 6.15. The fourth-order valence-electron chi connectivity index (χ4n) is 3.66. The number of carbonyl (C=O) groups excluding carboxylic acids is 3. The fraction of sp³-hybridized carbons (Fsp3) is 0.211. The lowest BCUT2D eigenvalue weighted by atomic mass is 9.92. The van der Waals surface area contributed by atoms with Crippen LogP contribution in [0.25, 0.3) is 0 Å². The number of nitrogens with zero attached hydrogens (tertiary/aromatic N) is 1. The van der Waals surface area contributed by atoms with E-state index in [1.54, 1.807) is 12.1 Å². The number of hydrogen-bond acceptors (Lipinski definition) is 3. The van der Waals surface area contributed by atoms with Crippen LogP contribution in [0.4, 0.5) is 19.3 Å². The van der Waals surface area contributed by atoms with E-state index in [4.69, 9.17) is 0 Å². The van der Waals surface area contributed by atoms with Gasteiger partial charge in [0.25, 0.3) is 5.91 Å². The molecule has 2 N–H and O–H groups in total. The van der Waals surface area contributed by atoms with Crippen molar-refractivity contribution in [2.45, 2.75) is 18.4 Å². The van der Waals surface area contributed by atoms with Crippen LogP contribution in [0.3, 0.4) is 0 Å². The molecule has 2 aliphatic rings. The molecule has 1 heterocycles. The molecule has 1 saturated heterocycles. The minimum absolute atomic E-state index is 0.227. The molecule has 27 heavy (non-hydrogen) atoms. The topological polar surface area (TPSA) is 78.5 Å². The highest BCUT2D eigenvalue weighted by Gasteiger charge is 2.55. The van der Waals surface area contributed by atoms with E-state index in [0.29, 0.717) is 18.9 Å². The summed E-state index contributed by atoms with van der Waals surface area (Å²) in [4.78, 5) is 38.3. The maximum atomic E-state index is 13.7. The number of fused-ring (bicyclic) bond motifs is 2. The second-order valence-electron chi connectivity index (χ2n) is 6.56. The summed E-state index contributed by atoms with van der Waals surface area (Å²) < 4.78 is 26.6. The van der Waals surface area contributed by atoms with Gasteiger partial charge < -0.3 is 10.6 Å². The lowest BCUT2D eigenvalue weighted by Gasteiger charge is -2.22. The quantitative estimate of drug-likeness (QED) is 0.813. The van der Waals surface area contributed by atoms with Gasteiger partial charge in [0.1, 0.15) is 23.7 Å². The zero-order chi connectivity index (χ0) is 19.2. The van der Waals surface area contributed by atoms with Gasteiger partial charge in [-0.05, 0) is 36.1 Å². The number of carbonyl (C=O) groups is 3. The monoisotopic (exact) mass is 371 g/mol. The summed E-state index contributed by atoms with van der Waals surface area (Å²) in [6, 6.07) is 9.37. The normalized spacial score (nSPS) is 20.7. The highest BCUT2D eigenvalue weighted by molar-refractivity contribution is 6.10. The Bertz CT molecular complexity index is 978. The summed E-state index contributed by atoms with van der Waals surface area (Å²) in [5.41, 5.74) is 0.325. The molecule has 0 aromatic heterocycles. The molecule has 0 saturated carbocycles. The van der Waals surface area contributed by atoms with E-state index in [1.165, 1.54) is 0 Å². The van der Waals surface area contributed by atoms with E-state index < -0.39 is 41.6 Å². The Morgan fingerprint density at radius 3 is 2.74 bits per heavy atom. The fourth-order valence-corrected chi connectivity index (χ4v) is 3.66. The molecule has 1 spiro atoms. The van der Waals surface area contributed by atoms with Gasteiger partial charge >= 0.3 is 6.03 Å². The Morgan fingerprint density at radius 2 is 1.96 bits per heavy atom. The molecular weight excluding hydrogens is 356 g/mol. The first-order chi connectivity index (χ1) is 12.9. The number of rotatable bonds is 3. The van der Waals surface area contributed by atoms with Crippen molar-refractivity contribution in [2.75, 3.05) is 11.9 Å². The summed E-state index contributed by atoms with van der Waals surface area (Å²) in [6.07, 6.45) is 1.06. The number of nitrogens with one attached hydrogen (secondary N) is 2. The van der Waals surface area contributed by atoms with E-state index in [9.17, 15) is 23.2 Å². The van der Waals surface area contributed by atoms with Crippen LogP contribution in [0.15, 0.2) is 42.5 Å². The summed E-state index contributed by atoms with van der Waals surface area (Å²) in [6.45, 7) is -0.564. The van der Waals surface area contributed by atoms with Crippen LogP contribution in [-0.2, 0) is 21.5 Å². The number of aryl methyl sites for hydroxylation is 1. The molecule has 2 aromatic carbocycles. The van der Waals surface area contributed by atoms with Crippen molar-refractivity contribution < 1.29 is 23.2 Å². The average molecular weight is 371 g/mol. The van der Waals surface area contributed by atoms with E-state index in [-0.39, 0.29) is 5.69 Å². The zero-order valence-corrected chi connectivity index (χ0v) is 14.1. The van der Waals surface area contributed by atoms with Crippen molar-refractivity contribution in [3.05, 3.63) is 65.2 Å². The van der Waals surface area contributed by atoms with Crippen molar-refractivity contribution in [1.29, 1.82) is 0 Å². The minimum Gasteiger partial charge on any atom is -0.322 e. The largest absolute Gasteiger partial charge is 0.325 e. The standard InChI is InChI=1S/C19H15F2N3O3/c20-12-5-6-15(14(21)9-12)22-16(25)10-24-17(26)19(23-18(24)27)8-7-11-3-1-2-4-13(11)19/h1-6,9H,7-8,10H2,(H,22,25)(H,23,27)/t19-/m0/s1. The van der Waals surface area contributed by atoms with Crippen molar-refractivity contribution >= 4 is 23.5 Å². The molecule has 1 aliphatic carbocycles. The van der Waals surface area contributed by atoms with Gasteiger partial charge in [0, 0.05) is 6.07 Å². The summed E-state index contributed by atoms with van der Waals surface area (Å²) in [5.74, 6) is -2.98. The van der Waals surface area contributed by atoms with Crippen molar-refractivity contribution in [2.24, 2.45) is 0 Å². The van der Waals surface area contributed by atoms with Gasteiger partial charge in [-0.1, -0.05) is 24.3 Å². The highest BCUT2D eigenvalue weighted by Crippen LogP contribution is 2.41. The molecule has 6 nitrogen and oxygen atoms in total. The lowest BCUT2D eigenvalue weighted by Crippen LogP contribution is -2.43. The van der Waals surface area contributed by atoms with Gasteiger partial charge in [-0.2, -0.15) is 0 Å². The summed E-state index contributed by atoms with van der Waals surface area (Å²) in [7, 11) is 0. The molecule has 8 heteroatoms. The van der Waals surface area contributed by atoms with Gasteiger partial charge in [-0.25, -0.2) is 13.6 Å². The van der Waals surface area contributed by atoms with Gasteiger partial charge in [0.2, 0.25) is 5.91 Å². The van der Waals surface area contributed by atoms with E-state index in [0.717, 1.165) is 28.2 Å². The molecule has 4 amide bonds. The predicted molar refractivity (Wildman–Crippen MR) is 91.7 cm³/mol. The third kappa shape index (κ3) is 2.73. The predicted octanol–water partition coefficient (Wildman–Crippen LogP) is 2.30. The molecular formula is C19H15F2N3O3. The number of halogens is 2. The SMILES string of the molecule is O=C(CN1C(=O)N[C@]2(CCc3ccccc32)C1=O)Nc1ccc(F)cc1F. The number of benzene rings is 2. The van der Waals surface area contributed by atoms with Crippen LogP contribution in [0.1, 0.15) is 17.5 Å². The van der Waals surface area contributed by atoms with Crippen LogP contribution >= 0.6 is 0 Å². The summed E-state index contributed by atoms with van der Waals surface area (Å²) >= 11 is 0. The highest BCUT2D eigenvalue weighted by atomic mass is 19.1. The Hall–Kier alpha value is -3.29. The smallest absolute Gasteiger partial charge is 0.322 e. The van der Waals surface area contributed by atoms with Crippen LogP contribution in [0, 0.1) is 11.6 Å². The Morgan fingerprint density at radius 1 is 1.19 bits per heavy atom. The van der Waals surface area contributed by atoms with Crippen molar-refractivity contribution in [1.82, 2.24) is 10.2 Å². The maximum absolute atomic E-state index is 13.7. The Labute approximate surface area is 153 Å². The van der Waals surface area contributed by atoms with Gasteiger partial charge in [-0.3, -0.25) is 14.5 Å². The van der Waals surface area contributed by atoms with E-state index in [2.05, 4.69) is 10.6 Å². The van der Waals surface area contributed by atoms with Crippen molar-refractivity contribution in [3.8, 4) is 0 Å². The zero-order valence-electron chi connectivity index (χ0n) is 14.1. The first-order valence-electron chi connectivity index (χ1n) is 8.38. The third-order valence-electron chi connectivity index (χ3n) is 4.93. The Balaban J connectivity index is 1.53. The minimum atomic E-state index is -1.16. The van der Waals surface area contributed by atoms with Crippen LogP contribution in [0.2, 0.25) is 0 Å². The third-order valence-corrected chi connectivity index (χ3v) is 4.93. The molecule has 138 valence electrons. The van der Waals surface area contributed by atoms with E-state index in [1.807, 2.05) is 12.1 Å². The average Bonchev–Trinajstić information content (AvgIpc) is 3.11. The summed E-state index contributed by atoms with van der Waals surface area (Å²) in [5, 5.41) is 4.96. The van der Waals surface area contributed by atoms with Gasteiger partial charge in [0.05, 0.1) is 5.69 Å². The first kappa shape index (κ1) is 17.1. The number of imide groups is 1. The molecule has 0 unspecified atom stereocenters. The van der Waals surface area contributed by atoms with Crippen LogP contribution in [-0.4, -0.2) is 29.3 Å². The number of urea groups is 1. The van der Waals surface area contributed by atoms with Crippen molar-refractivity contribution in [3.63, 3.8) is 0 Å².